The van der Waals surface area contributed by atoms with Gasteiger partial charge in [-0.25, -0.2) is 9.59 Å². The number of hydrogen-bond donors (Lipinski definition) is 1. The summed E-state index contributed by atoms with van der Waals surface area (Å²) in [5.41, 5.74) is 0.555. The van der Waals surface area contributed by atoms with E-state index in [1.165, 1.54) is 0 Å². The van der Waals surface area contributed by atoms with E-state index in [-0.39, 0.29) is 17.7 Å². The van der Waals surface area contributed by atoms with Crippen LogP contribution in [-0.2, 0) is 4.74 Å². The van der Waals surface area contributed by atoms with Gasteiger partial charge in [-0.3, -0.25) is 0 Å². The van der Waals surface area contributed by atoms with E-state index < -0.39 is 11.6 Å². The number of amides is 1. The molecule has 0 radical (unpaired) electrons. The average Bonchev–Trinajstić information content (AvgIpc) is 2.45. The second-order valence-corrected chi connectivity index (χ2v) is 6.62. The van der Waals surface area contributed by atoms with E-state index in [0.717, 1.165) is 24.8 Å². The third kappa shape index (κ3) is 4.00. The zero-order valence-corrected chi connectivity index (χ0v) is 13.3. The number of nitrogens with zero attached hydrogens (tertiary/aromatic N) is 1. The first-order chi connectivity index (χ1) is 10.3. The van der Waals surface area contributed by atoms with Gasteiger partial charge in [0.15, 0.2) is 0 Å². The number of ether oxygens (including phenoxy) is 1. The summed E-state index contributed by atoms with van der Waals surface area (Å²) in [4.78, 5) is 25.3. The molecular formula is C17H23NO4. The Bertz CT molecular complexity index is 562. The fourth-order valence-electron chi connectivity index (χ4n) is 2.70. The molecule has 5 nitrogen and oxygen atoms in total. The molecule has 1 N–H and O–H groups in total. The molecule has 1 aromatic carbocycles. The Morgan fingerprint density at radius 2 is 2.00 bits per heavy atom. The lowest BCUT2D eigenvalue weighted by Gasteiger charge is -2.37. The predicted octanol–water partition coefficient (Wildman–Crippen LogP) is 3.85. The van der Waals surface area contributed by atoms with Crippen molar-refractivity contribution in [3.63, 3.8) is 0 Å². The summed E-state index contributed by atoms with van der Waals surface area (Å²) in [6, 6.07) is 6.69. The number of hydrogen-bond acceptors (Lipinski definition) is 3. The summed E-state index contributed by atoms with van der Waals surface area (Å²) < 4.78 is 5.48. The maximum absolute atomic E-state index is 12.4. The topological polar surface area (TPSA) is 66.8 Å². The van der Waals surface area contributed by atoms with Crippen molar-refractivity contribution in [1.29, 1.82) is 0 Å². The normalized spacial score (nSPS) is 18.9. The van der Waals surface area contributed by atoms with Gasteiger partial charge in [0.25, 0.3) is 0 Å². The average molecular weight is 305 g/mol. The molecule has 1 heterocycles. The minimum atomic E-state index is -0.957. The highest BCUT2D eigenvalue weighted by Gasteiger charge is 2.31. The Balaban J connectivity index is 2.24. The Hall–Kier alpha value is -2.04. The van der Waals surface area contributed by atoms with Gasteiger partial charge in [-0.05, 0) is 57.7 Å². The van der Waals surface area contributed by atoms with Gasteiger partial charge >= 0.3 is 12.1 Å². The lowest BCUT2D eigenvalue weighted by molar-refractivity contribution is 0.00951. The van der Waals surface area contributed by atoms with Crippen LogP contribution in [0.4, 0.5) is 4.79 Å². The first-order valence-corrected chi connectivity index (χ1v) is 7.61. The van der Waals surface area contributed by atoms with Crippen molar-refractivity contribution in [1.82, 2.24) is 4.90 Å². The fourth-order valence-corrected chi connectivity index (χ4v) is 2.70. The van der Waals surface area contributed by atoms with E-state index in [9.17, 15) is 9.59 Å². The van der Waals surface area contributed by atoms with E-state index in [2.05, 4.69) is 0 Å². The molecule has 1 unspecified atom stereocenters. The summed E-state index contributed by atoms with van der Waals surface area (Å²) in [5.74, 6) is -0.957. The smallest absolute Gasteiger partial charge is 0.410 e. The lowest BCUT2D eigenvalue weighted by Crippen LogP contribution is -2.41. The van der Waals surface area contributed by atoms with Crippen LogP contribution >= 0.6 is 0 Å². The van der Waals surface area contributed by atoms with Crippen molar-refractivity contribution in [2.45, 2.75) is 51.7 Å². The van der Waals surface area contributed by atoms with Crippen molar-refractivity contribution in [2.75, 3.05) is 6.54 Å². The van der Waals surface area contributed by atoms with Crippen molar-refractivity contribution in [2.24, 2.45) is 0 Å². The summed E-state index contributed by atoms with van der Waals surface area (Å²) in [6.45, 7) is 6.16. The molecular weight excluding hydrogens is 282 g/mol. The molecule has 22 heavy (non-hydrogen) atoms. The molecule has 1 aliphatic heterocycles. The van der Waals surface area contributed by atoms with Crippen molar-refractivity contribution >= 4 is 12.1 Å². The zero-order chi connectivity index (χ0) is 16.3. The van der Waals surface area contributed by atoms with Gasteiger partial charge < -0.3 is 14.7 Å². The Morgan fingerprint density at radius 1 is 1.27 bits per heavy atom. The van der Waals surface area contributed by atoms with Crippen LogP contribution in [0.5, 0.6) is 0 Å². The Labute approximate surface area is 130 Å². The third-order valence-corrected chi connectivity index (χ3v) is 3.65. The van der Waals surface area contributed by atoms with Crippen molar-refractivity contribution < 1.29 is 19.4 Å². The molecule has 1 aliphatic rings. The number of likely N-dealkylation sites (tertiary alicyclic amines) is 1. The molecule has 0 bridgehead atoms. The molecule has 0 saturated carbocycles. The van der Waals surface area contributed by atoms with Gasteiger partial charge in [0, 0.05) is 6.54 Å². The highest BCUT2D eigenvalue weighted by Crippen LogP contribution is 2.32. The van der Waals surface area contributed by atoms with E-state index >= 15 is 0 Å². The van der Waals surface area contributed by atoms with Gasteiger partial charge in [-0.2, -0.15) is 0 Å². The summed E-state index contributed by atoms with van der Waals surface area (Å²) in [6.07, 6.45) is 2.44. The first-order valence-electron chi connectivity index (χ1n) is 7.61. The Kier molecular flexibility index (Phi) is 4.74. The molecule has 1 amide bonds. The number of carbonyl (C=O) groups excluding carboxylic acids is 1. The largest absolute Gasteiger partial charge is 0.478 e. The fraction of sp³-hybridized carbons (Fsp3) is 0.529. The van der Waals surface area contributed by atoms with Crippen molar-refractivity contribution in [3.05, 3.63) is 35.4 Å². The molecule has 0 aromatic heterocycles. The molecule has 1 atom stereocenters. The number of carbonyl (C=O) groups is 2. The minimum absolute atomic E-state index is 0.122. The van der Waals surface area contributed by atoms with Crippen LogP contribution in [0.2, 0.25) is 0 Å². The van der Waals surface area contributed by atoms with E-state index in [1.54, 1.807) is 23.1 Å². The summed E-state index contributed by atoms with van der Waals surface area (Å²) >= 11 is 0. The lowest BCUT2D eigenvalue weighted by atomic mass is 9.94. The standard InChI is InChI=1S/C17H23NO4/c1-17(2,3)22-16(21)18-10-5-4-9-14(18)12-7-6-8-13(11-12)15(19)20/h6-8,11,14H,4-5,9-10H2,1-3H3,(H,19,20). The van der Waals surface area contributed by atoms with Gasteiger partial charge in [0.1, 0.15) is 5.60 Å². The molecule has 5 heteroatoms. The predicted molar refractivity (Wildman–Crippen MR) is 82.9 cm³/mol. The first kappa shape index (κ1) is 16.3. The maximum atomic E-state index is 12.4. The van der Waals surface area contributed by atoms with Crippen LogP contribution in [0.25, 0.3) is 0 Å². The number of benzene rings is 1. The van der Waals surface area contributed by atoms with E-state index in [4.69, 9.17) is 9.84 Å². The van der Waals surface area contributed by atoms with Gasteiger partial charge in [-0.1, -0.05) is 12.1 Å². The van der Waals surface area contributed by atoms with Crippen LogP contribution in [0.15, 0.2) is 24.3 Å². The van der Waals surface area contributed by atoms with Crippen LogP contribution in [-0.4, -0.2) is 34.2 Å². The van der Waals surface area contributed by atoms with Crippen LogP contribution in [0.3, 0.4) is 0 Å². The second-order valence-electron chi connectivity index (χ2n) is 6.62. The maximum Gasteiger partial charge on any atom is 0.410 e. The number of carboxylic acid groups (broad SMARTS) is 1. The zero-order valence-electron chi connectivity index (χ0n) is 13.3. The number of rotatable bonds is 2. The minimum Gasteiger partial charge on any atom is -0.478 e. The van der Waals surface area contributed by atoms with Crippen molar-refractivity contribution in [3.8, 4) is 0 Å². The molecule has 1 fully saturated rings. The SMILES string of the molecule is CC(C)(C)OC(=O)N1CCCCC1c1cccc(C(=O)O)c1. The molecule has 1 aromatic rings. The molecule has 0 aliphatic carbocycles. The Morgan fingerprint density at radius 3 is 2.64 bits per heavy atom. The molecule has 1 saturated heterocycles. The summed E-state index contributed by atoms with van der Waals surface area (Å²) in [5, 5.41) is 9.13. The summed E-state index contributed by atoms with van der Waals surface area (Å²) in [7, 11) is 0. The quantitative estimate of drug-likeness (QED) is 0.901. The van der Waals surface area contributed by atoms with Gasteiger partial charge in [0.05, 0.1) is 11.6 Å². The van der Waals surface area contributed by atoms with Gasteiger partial charge in [0.2, 0.25) is 0 Å². The molecule has 120 valence electrons. The van der Waals surface area contributed by atoms with E-state index in [0.29, 0.717) is 6.54 Å². The number of aromatic carboxylic acids is 1. The highest BCUT2D eigenvalue weighted by molar-refractivity contribution is 5.87. The number of piperidine rings is 1. The monoisotopic (exact) mass is 305 g/mol. The second kappa shape index (κ2) is 6.38. The number of carboxylic acids is 1. The highest BCUT2D eigenvalue weighted by atomic mass is 16.6. The molecule has 0 spiro atoms. The van der Waals surface area contributed by atoms with Crippen LogP contribution < -0.4 is 0 Å². The van der Waals surface area contributed by atoms with Crippen LogP contribution in [0, 0.1) is 0 Å². The van der Waals surface area contributed by atoms with Gasteiger partial charge in [-0.15, -0.1) is 0 Å². The van der Waals surface area contributed by atoms with E-state index in [1.807, 2.05) is 26.8 Å². The third-order valence-electron chi connectivity index (χ3n) is 3.65. The van der Waals surface area contributed by atoms with Crippen LogP contribution in [0.1, 0.15) is 62.0 Å². The molecule has 2 rings (SSSR count).